The quantitative estimate of drug-likeness (QED) is 0.410. The summed E-state index contributed by atoms with van der Waals surface area (Å²) in [4.78, 5) is 16.0. The number of furan rings is 1. The van der Waals surface area contributed by atoms with Crippen molar-refractivity contribution in [3.63, 3.8) is 0 Å². The number of carboxylic acids is 1. The molecule has 2 aromatic heterocycles. The Bertz CT molecular complexity index is 1340. The molecule has 30 heavy (non-hydrogen) atoms. The molecule has 152 valence electrons. The lowest BCUT2D eigenvalue weighted by molar-refractivity contribution is 0.0696. The third-order valence-corrected chi connectivity index (χ3v) is 6.46. The summed E-state index contributed by atoms with van der Waals surface area (Å²) in [5, 5.41) is 10.1. The summed E-state index contributed by atoms with van der Waals surface area (Å²) < 4.78 is 33.7. The third kappa shape index (κ3) is 4.28. The van der Waals surface area contributed by atoms with Crippen molar-refractivity contribution < 1.29 is 22.7 Å². The van der Waals surface area contributed by atoms with Gasteiger partial charge in [-0.2, -0.15) is 8.42 Å². The van der Waals surface area contributed by atoms with Crippen LogP contribution < -0.4 is 4.72 Å². The molecular formula is C20H13ClN2O5S2. The van der Waals surface area contributed by atoms with E-state index < -0.39 is 16.0 Å². The lowest BCUT2D eigenvalue weighted by Gasteiger charge is -2.11. The number of fused-ring (bicyclic) bond motifs is 1. The summed E-state index contributed by atoms with van der Waals surface area (Å²) in [5.74, 6) is -1.06. The van der Waals surface area contributed by atoms with Gasteiger partial charge in [0.2, 0.25) is 5.09 Å². The molecule has 0 aliphatic carbocycles. The Labute approximate surface area is 180 Å². The summed E-state index contributed by atoms with van der Waals surface area (Å²) in [6.07, 6.45) is 1.38. The fraction of sp³-hybridized carbons (Fsp3) is 0. The van der Waals surface area contributed by atoms with Crippen LogP contribution in [0, 0.1) is 0 Å². The van der Waals surface area contributed by atoms with E-state index in [1.165, 1.54) is 30.5 Å². The number of sulfonamides is 1. The molecule has 0 spiro atoms. The number of carbonyl (C=O) groups is 1. The average molecular weight is 461 g/mol. The fourth-order valence-corrected chi connectivity index (χ4v) is 4.80. The molecule has 0 fully saturated rings. The number of para-hydroxylation sites is 1. The topological polar surface area (TPSA) is 109 Å². The van der Waals surface area contributed by atoms with Crippen LogP contribution in [0.4, 0.5) is 5.69 Å². The fourth-order valence-electron chi connectivity index (χ4n) is 2.67. The van der Waals surface area contributed by atoms with Gasteiger partial charge in [-0.15, -0.1) is 0 Å². The van der Waals surface area contributed by atoms with Crippen molar-refractivity contribution in [2.24, 2.45) is 0 Å². The molecule has 0 amide bonds. The molecule has 0 aliphatic rings. The molecule has 0 radical (unpaired) electrons. The van der Waals surface area contributed by atoms with E-state index >= 15 is 0 Å². The molecule has 4 rings (SSSR count). The number of anilines is 1. The summed E-state index contributed by atoms with van der Waals surface area (Å²) in [5.41, 5.74) is 0.703. The van der Waals surface area contributed by atoms with Crippen LogP contribution in [-0.2, 0) is 10.0 Å². The van der Waals surface area contributed by atoms with E-state index in [-0.39, 0.29) is 21.4 Å². The first-order valence-corrected chi connectivity index (χ1v) is 11.2. The highest BCUT2D eigenvalue weighted by molar-refractivity contribution is 7.99. The van der Waals surface area contributed by atoms with Crippen molar-refractivity contribution >= 4 is 56.0 Å². The predicted octanol–water partition coefficient (Wildman–Crippen LogP) is 5.13. The predicted molar refractivity (Wildman–Crippen MR) is 114 cm³/mol. The van der Waals surface area contributed by atoms with E-state index in [9.17, 15) is 13.2 Å². The Balaban J connectivity index is 1.68. The Morgan fingerprint density at radius 2 is 1.90 bits per heavy atom. The van der Waals surface area contributed by atoms with Gasteiger partial charge in [0.1, 0.15) is 10.6 Å². The number of aromatic nitrogens is 1. The highest BCUT2D eigenvalue weighted by Crippen LogP contribution is 2.35. The molecule has 7 nitrogen and oxygen atoms in total. The van der Waals surface area contributed by atoms with Gasteiger partial charge in [0.05, 0.1) is 16.3 Å². The molecule has 4 aromatic rings. The van der Waals surface area contributed by atoms with E-state index in [1.54, 1.807) is 36.4 Å². The lowest BCUT2D eigenvalue weighted by Crippen LogP contribution is -2.13. The Hall–Kier alpha value is -3.01. The number of rotatable bonds is 6. The van der Waals surface area contributed by atoms with E-state index in [0.717, 1.165) is 11.8 Å². The first kappa shape index (κ1) is 20.3. The average Bonchev–Trinajstić information content (AvgIpc) is 3.15. The van der Waals surface area contributed by atoms with Crippen LogP contribution in [-0.4, -0.2) is 24.5 Å². The maximum absolute atomic E-state index is 12.9. The van der Waals surface area contributed by atoms with Gasteiger partial charge in [0, 0.05) is 22.5 Å². The number of benzene rings is 2. The highest BCUT2D eigenvalue weighted by atomic mass is 35.5. The Kier molecular flexibility index (Phi) is 5.42. The molecule has 0 atom stereocenters. The SMILES string of the molecule is O=C(O)c1cccc(Sc2ncc(Cl)cc2NS(=O)(=O)c2cc3ccccc3o2)c1. The van der Waals surface area contributed by atoms with Crippen molar-refractivity contribution in [1.82, 2.24) is 4.98 Å². The maximum atomic E-state index is 12.9. The smallest absolute Gasteiger partial charge is 0.335 e. The normalized spacial score (nSPS) is 11.5. The minimum Gasteiger partial charge on any atom is -0.478 e. The van der Waals surface area contributed by atoms with Crippen LogP contribution in [0.1, 0.15) is 10.4 Å². The number of nitrogens with zero attached hydrogens (tertiary/aromatic N) is 1. The molecule has 0 aliphatic heterocycles. The molecular weight excluding hydrogens is 448 g/mol. The van der Waals surface area contributed by atoms with Gasteiger partial charge in [0.25, 0.3) is 10.0 Å². The Morgan fingerprint density at radius 3 is 2.67 bits per heavy atom. The van der Waals surface area contributed by atoms with E-state index in [4.69, 9.17) is 21.1 Å². The zero-order valence-electron chi connectivity index (χ0n) is 15.1. The van der Waals surface area contributed by atoms with Crippen LogP contribution in [0.25, 0.3) is 11.0 Å². The van der Waals surface area contributed by atoms with Gasteiger partial charge in [-0.1, -0.05) is 47.6 Å². The molecule has 10 heteroatoms. The van der Waals surface area contributed by atoms with Crippen molar-refractivity contribution in [2.45, 2.75) is 15.0 Å². The van der Waals surface area contributed by atoms with Crippen LogP contribution in [0.3, 0.4) is 0 Å². The summed E-state index contributed by atoms with van der Waals surface area (Å²) >= 11 is 7.12. The highest BCUT2D eigenvalue weighted by Gasteiger charge is 2.22. The van der Waals surface area contributed by atoms with Gasteiger partial charge < -0.3 is 9.52 Å². The van der Waals surface area contributed by atoms with Crippen molar-refractivity contribution in [3.05, 3.63) is 77.4 Å². The number of hydrogen-bond acceptors (Lipinski definition) is 6. The second-order valence-electron chi connectivity index (χ2n) is 6.15. The molecule has 0 unspecified atom stereocenters. The number of nitrogens with one attached hydrogen (secondary N) is 1. The second kappa shape index (κ2) is 8.02. The minimum atomic E-state index is -4.05. The third-order valence-electron chi connectivity index (χ3n) is 4.03. The standard InChI is InChI=1S/C20H13ClN2O5S2/c21-14-10-16(19(22-11-14)29-15-6-3-5-13(8-15)20(24)25)23-30(26,27)18-9-12-4-1-2-7-17(12)28-18/h1-11,23H,(H,24,25). The molecule has 0 saturated carbocycles. The molecule has 2 aromatic carbocycles. The summed E-state index contributed by atoms with van der Waals surface area (Å²) in [7, 11) is -4.05. The van der Waals surface area contributed by atoms with Gasteiger partial charge >= 0.3 is 5.97 Å². The molecule has 2 heterocycles. The van der Waals surface area contributed by atoms with Crippen LogP contribution in [0.2, 0.25) is 5.02 Å². The minimum absolute atomic E-state index is 0.110. The first-order valence-electron chi connectivity index (χ1n) is 8.50. The maximum Gasteiger partial charge on any atom is 0.335 e. The number of hydrogen-bond donors (Lipinski definition) is 2. The van der Waals surface area contributed by atoms with E-state index in [1.807, 2.05) is 0 Å². The number of pyridine rings is 1. The van der Waals surface area contributed by atoms with Crippen molar-refractivity contribution in [1.29, 1.82) is 0 Å². The largest absolute Gasteiger partial charge is 0.478 e. The molecule has 0 saturated heterocycles. The zero-order chi connectivity index (χ0) is 21.3. The number of carboxylic acid groups (broad SMARTS) is 1. The number of aromatic carboxylic acids is 1. The van der Waals surface area contributed by atoms with Gasteiger partial charge in [-0.25, -0.2) is 9.78 Å². The summed E-state index contributed by atoms with van der Waals surface area (Å²) in [6, 6.07) is 16.0. The van der Waals surface area contributed by atoms with Crippen molar-refractivity contribution in [2.75, 3.05) is 4.72 Å². The second-order valence-corrected chi connectivity index (χ2v) is 9.26. The van der Waals surface area contributed by atoms with E-state index in [2.05, 4.69) is 9.71 Å². The van der Waals surface area contributed by atoms with Crippen LogP contribution >= 0.6 is 23.4 Å². The van der Waals surface area contributed by atoms with Crippen LogP contribution in [0.15, 0.2) is 86.3 Å². The van der Waals surface area contributed by atoms with E-state index in [0.29, 0.717) is 20.9 Å². The Morgan fingerprint density at radius 1 is 1.10 bits per heavy atom. The van der Waals surface area contributed by atoms with Gasteiger partial charge in [-0.3, -0.25) is 4.72 Å². The monoisotopic (exact) mass is 460 g/mol. The van der Waals surface area contributed by atoms with Crippen LogP contribution in [0.5, 0.6) is 0 Å². The lowest BCUT2D eigenvalue weighted by atomic mass is 10.2. The molecule has 0 bridgehead atoms. The number of halogens is 1. The zero-order valence-corrected chi connectivity index (χ0v) is 17.5. The van der Waals surface area contributed by atoms with Gasteiger partial charge in [0.15, 0.2) is 0 Å². The summed E-state index contributed by atoms with van der Waals surface area (Å²) in [6.45, 7) is 0. The van der Waals surface area contributed by atoms with Crippen molar-refractivity contribution in [3.8, 4) is 0 Å². The first-order chi connectivity index (χ1) is 14.3. The van der Waals surface area contributed by atoms with Gasteiger partial charge in [-0.05, 0) is 30.3 Å². The molecule has 2 N–H and O–H groups in total.